The molecule has 0 aromatic heterocycles. The Morgan fingerprint density at radius 2 is 0.857 bits per heavy atom. The Kier molecular flexibility index (Phi) is 10.7. The van der Waals surface area contributed by atoms with Gasteiger partial charge in [0.05, 0.1) is 0 Å². The summed E-state index contributed by atoms with van der Waals surface area (Å²) in [6, 6.07) is 21.2. The molecule has 0 nitrogen and oxygen atoms in total. The van der Waals surface area contributed by atoms with Crippen LogP contribution < -0.4 is 0 Å². The summed E-state index contributed by atoms with van der Waals surface area (Å²) in [5.41, 5.74) is 2.78. The molecular weight excluding hydrogens is 393 g/mol. The normalized spacial score (nSPS) is 10.7. The van der Waals surface area contributed by atoms with E-state index >= 15 is 0 Å². The molecule has 2 aromatic rings. The van der Waals surface area contributed by atoms with Crippen LogP contribution >= 0.6 is 70.7 Å². The Balaban J connectivity index is 1.40. The van der Waals surface area contributed by atoms with Gasteiger partial charge in [-0.2, -0.15) is 0 Å². The van der Waals surface area contributed by atoms with Gasteiger partial charge < -0.3 is 0 Å². The minimum Gasteiger partial charge on any atom is -0.0769 e. The van der Waals surface area contributed by atoms with E-state index < -0.39 is 0 Å². The monoisotopic (exact) mass is 406 g/mol. The first kappa shape index (κ1) is 18.2. The predicted octanol–water partition coefficient (Wildman–Crippen LogP) is 8.01. The van der Waals surface area contributed by atoms with E-state index in [1.165, 1.54) is 11.1 Å². The number of hydrogen-bond acceptors (Lipinski definition) is 7. The second-order valence-corrected chi connectivity index (χ2v) is 15.1. The van der Waals surface area contributed by atoms with Gasteiger partial charge in [-0.25, -0.2) is 0 Å². The Morgan fingerprint density at radius 3 is 1.29 bits per heavy atom. The lowest BCUT2D eigenvalue weighted by Gasteiger charge is -2.01. The van der Waals surface area contributed by atoms with E-state index in [9.17, 15) is 0 Å². The van der Waals surface area contributed by atoms with E-state index in [-0.39, 0.29) is 0 Å². The van der Waals surface area contributed by atoms with E-state index in [1.807, 2.05) is 70.7 Å². The van der Waals surface area contributed by atoms with Crippen molar-refractivity contribution in [1.29, 1.82) is 0 Å². The summed E-state index contributed by atoms with van der Waals surface area (Å²) in [4.78, 5) is 0. The van der Waals surface area contributed by atoms with Crippen LogP contribution in [0.4, 0.5) is 0 Å². The Morgan fingerprint density at radius 1 is 0.476 bits per heavy atom. The van der Waals surface area contributed by atoms with Crippen molar-refractivity contribution in [2.45, 2.75) is 11.5 Å². The molecule has 2 aromatic carbocycles. The van der Waals surface area contributed by atoms with E-state index in [1.54, 1.807) is 0 Å². The molecule has 0 heterocycles. The first-order valence-electron chi connectivity index (χ1n) is 6.11. The first-order chi connectivity index (χ1) is 10.4. The zero-order chi connectivity index (χ0) is 14.6. The molecule has 0 aliphatic heterocycles. The molecule has 112 valence electrons. The van der Waals surface area contributed by atoms with Crippen molar-refractivity contribution >= 4 is 70.7 Å². The van der Waals surface area contributed by atoms with E-state index in [2.05, 4.69) is 60.7 Å². The van der Waals surface area contributed by atoms with E-state index in [0.29, 0.717) is 0 Å². The van der Waals surface area contributed by atoms with Crippen LogP contribution in [0.25, 0.3) is 0 Å². The minimum absolute atomic E-state index is 1.07. The summed E-state index contributed by atoms with van der Waals surface area (Å²) < 4.78 is 0. The van der Waals surface area contributed by atoms with Crippen molar-refractivity contribution in [3.8, 4) is 0 Å². The molecule has 0 unspecified atom stereocenters. The lowest BCUT2D eigenvalue weighted by atomic mass is 10.2. The summed E-state index contributed by atoms with van der Waals surface area (Å²) in [5.74, 6) is 2.14. The van der Waals surface area contributed by atoms with Crippen molar-refractivity contribution < 1.29 is 0 Å². The molecule has 0 saturated heterocycles. The average Bonchev–Trinajstić information content (AvgIpc) is 2.55. The molecule has 0 N–H and O–H groups in total. The zero-order valence-corrected chi connectivity index (χ0v) is 16.8. The largest absolute Gasteiger partial charge is 0.0769 e. The summed E-state index contributed by atoms with van der Waals surface area (Å²) in [5, 5.41) is 0. The molecule has 0 radical (unpaired) electrons. The molecule has 0 amide bonds. The summed E-state index contributed by atoms with van der Waals surface area (Å²) >= 11 is 0. The second-order valence-electron chi connectivity index (χ2n) is 3.84. The highest BCUT2D eigenvalue weighted by atomic mass is 33.9. The van der Waals surface area contributed by atoms with Gasteiger partial charge in [-0.3, -0.25) is 0 Å². The summed E-state index contributed by atoms with van der Waals surface area (Å²) in [7, 11) is 13.0. The van der Waals surface area contributed by atoms with Crippen molar-refractivity contribution in [3.63, 3.8) is 0 Å². The van der Waals surface area contributed by atoms with Crippen LogP contribution in [0.3, 0.4) is 0 Å². The lowest BCUT2D eigenvalue weighted by Crippen LogP contribution is -1.74. The van der Waals surface area contributed by atoms with Crippen molar-refractivity contribution in [1.82, 2.24) is 0 Å². The Labute approximate surface area is 152 Å². The SMILES string of the molecule is c1ccc(CSSSSSSSCc2ccccc2)cc1. The van der Waals surface area contributed by atoms with Gasteiger partial charge in [0.2, 0.25) is 0 Å². The molecular formula is C14H14S7. The van der Waals surface area contributed by atoms with Crippen LogP contribution in [0.5, 0.6) is 0 Å². The maximum atomic E-state index is 2.18. The predicted molar refractivity (Wildman–Crippen MR) is 113 cm³/mol. The van der Waals surface area contributed by atoms with Crippen molar-refractivity contribution in [3.05, 3.63) is 71.8 Å². The second kappa shape index (κ2) is 12.3. The maximum absolute atomic E-state index is 2.18. The van der Waals surface area contributed by atoms with Crippen LogP contribution in [0.1, 0.15) is 11.1 Å². The quantitative estimate of drug-likeness (QED) is 0.286. The van der Waals surface area contributed by atoms with Crippen LogP contribution in [-0.4, -0.2) is 0 Å². The van der Waals surface area contributed by atoms with Gasteiger partial charge >= 0.3 is 0 Å². The standard InChI is InChI=1S/C14H14S7/c1-3-7-13(8-4-1)11-15-17-19-21-20-18-16-12-14-9-5-2-6-10-14/h1-10H,11-12H2. The highest BCUT2D eigenvalue weighted by Crippen LogP contribution is 2.55. The smallest absolute Gasteiger partial charge is 0.0297 e. The molecule has 0 spiro atoms. The van der Waals surface area contributed by atoms with Crippen LogP contribution in [0, 0.1) is 0 Å². The fraction of sp³-hybridized carbons (Fsp3) is 0.143. The molecule has 21 heavy (non-hydrogen) atoms. The molecule has 0 atom stereocenters. The molecule has 0 fully saturated rings. The number of benzene rings is 2. The first-order valence-corrected chi connectivity index (χ1v) is 15.3. The highest BCUT2D eigenvalue weighted by Gasteiger charge is 1.98. The third-order valence-corrected chi connectivity index (χ3v) is 15.3. The van der Waals surface area contributed by atoms with Gasteiger partial charge in [-0.15, -0.1) is 0 Å². The molecule has 0 bridgehead atoms. The van der Waals surface area contributed by atoms with Crippen molar-refractivity contribution in [2.75, 3.05) is 0 Å². The maximum Gasteiger partial charge on any atom is 0.0297 e. The Hall–Kier alpha value is 0.890. The zero-order valence-electron chi connectivity index (χ0n) is 11.0. The summed E-state index contributed by atoms with van der Waals surface area (Å²) in [6.07, 6.45) is 0. The van der Waals surface area contributed by atoms with Gasteiger partial charge in [-0.1, -0.05) is 82.3 Å². The van der Waals surface area contributed by atoms with Crippen LogP contribution in [0.15, 0.2) is 60.7 Å². The molecule has 0 saturated carbocycles. The third-order valence-electron chi connectivity index (χ3n) is 2.34. The van der Waals surface area contributed by atoms with Gasteiger partial charge in [0.15, 0.2) is 0 Å². The molecule has 7 heteroatoms. The number of rotatable bonds is 10. The molecule has 2 rings (SSSR count). The van der Waals surface area contributed by atoms with Gasteiger partial charge in [-0.05, 0) is 60.3 Å². The van der Waals surface area contributed by atoms with E-state index in [4.69, 9.17) is 0 Å². The van der Waals surface area contributed by atoms with Gasteiger partial charge in [0.25, 0.3) is 0 Å². The topological polar surface area (TPSA) is 0 Å². The average molecular weight is 407 g/mol. The number of hydrogen-bond donors (Lipinski definition) is 0. The van der Waals surface area contributed by atoms with Gasteiger partial charge in [0.1, 0.15) is 0 Å². The lowest BCUT2D eigenvalue weighted by molar-refractivity contribution is 1.43. The molecule has 0 aliphatic rings. The van der Waals surface area contributed by atoms with E-state index in [0.717, 1.165) is 11.5 Å². The fourth-order valence-electron chi connectivity index (χ4n) is 1.41. The van der Waals surface area contributed by atoms with Crippen molar-refractivity contribution in [2.24, 2.45) is 0 Å². The highest BCUT2D eigenvalue weighted by molar-refractivity contribution is 9.45. The Bertz CT molecular complexity index is 432. The molecule has 0 aliphatic carbocycles. The summed E-state index contributed by atoms with van der Waals surface area (Å²) in [6.45, 7) is 0. The van der Waals surface area contributed by atoms with Gasteiger partial charge in [0, 0.05) is 11.5 Å². The van der Waals surface area contributed by atoms with Crippen LogP contribution in [0.2, 0.25) is 0 Å². The fourth-order valence-corrected chi connectivity index (χ4v) is 15.5. The third kappa shape index (κ3) is 8.93. The van der Waals surface area contributed by atoms with Crippen LogP contribution in [-0.2, 0) is 11.5 Å². The minimum atomic E-state index is 1.07.